The van der Waals surface area contributed by atoms with E-state index in [1.54, 1.807) is 18.2 Å². The topological polar surface area (TPSA) is 40.6 Å². The zero-order chi connectivity index (χ0) is 17.2. The molecule has 5 heteroatoms. The first-order valence-corrected chi connectivity index (χ1v) is 9.22. The van der Waals surface area contributed by atoms with Crippen LogP contribution in [0.15, 0.2) is 59.5 Å². The van der Waals surface area contributed by atoms with Crippen LogP contribution in [0, 0.1) is 0 Å². The maximum Gasteiger partial charge on any atom is 0.298 e. The van der Waals surface area contributed by atoms with Gasteiger partial charge in [0.1, 0.15) is 0 Å². The van der Waals surface area contributed by atoms with Gasteiger partial charge in [0, 0.05) is 18.8 Å². The lowest BCUT2D eigenvalue weighted by atomic mass is 10.1. The van der Waals surface area contributed by atoms with E-state index in [1.165, 1.54) is 23.4 Å². The summed E-state index contributed by atoms with van der Waals surface area (Å²) in [5.41, 5.74) is 2.76. The molecular formula is C20H18N2O2S. The molecule has 2 fully saturated rings. The van der Waals surface area contributed by atoms with Gasteiger partial charge in [0.25, 0.3) is 11.1 Å². The third-order valence-electron chi connectivity index (χ3n) is 4.47. The van der Waals surface area contributed by atoms with Gasteiger partial charge in [0.05, 0.1) is 10.6 Å². The van der Waals surface area contributed by atoms with Crippen molar-refractivity contribution in [1.82, 2.24) is 0 Å². The molecule has 2 heterocycles. The quantitative estimate of drug-likeness (QED) is 0.763. The van der Waals surface area contributed by atoms with Gasteiger partial charge in [-0.05, 0) is 60.5 Å². The van der Waals surface area contributed by atoms with E-state index in [1.807, 2.05) is 30.3 Å². The Kier molecular flexibility index (Phi) is 4.32. The second kappa shape index (κ2) is 6.76. The summed E-state index contributed by atoms with van der Waals surface area (Å²) in [5.74, 6) is -0.259. The van der Waals surface area contributed by atoms with Crippen LogP contribution in [0.5, 0.6) is 0 Å². The molecule has 0 spiro atoms. The first kappa shape index (κ1) is 16.0. The van der Waals surface area contributed by atoms with Crippen molar-refractivity contribution in [2.24, 2.45) is 0 Å². The van der Waals surface area contributed by atoms with Crippen molar-refractivity contribution in [2.75, 3.05) is 22.9 Å². The largest absolute Gasteiger partial charge is 0.372 e. The summed E-state index contributed by atoms with van der Waals surface area (Å²) in [6.45, 7) is 2.21. The molecule has 2 aliphatic heterocycles. The molecule has 0 unspecified atom stereocenters. The van der Waals surface area contributed by atoms with Crippen LogP contribution in [-0.4, -0.2) is 24.2 Å². The summed E-state index contributed by atoms with van der Waals surface area (Å²) in [5, 5.41) is -0.254. The minimum Gasteiger partial charge on any atom is -0.372 e. The van der Waals surface area contributed by atoms with Crippen LogP contribution in [0.1, 0.15) is 18.4 Å². The van der Waals surface area contributed by atoms with Crippen LogP contribution in [0.2, 0.25) is 0 Å². The van der Waals surface area contributed by atoms with Crippen LogP contribution in [0.25, 0.3) is 6.08 Å². The van der Waals surface area contributed by atoms with Gasteiger partial charge in [-0.1, -0.05) is 30.3 Å². The fourth-order valence-corrected chi connectivity index (χ4v) is 4.02. The smallest absolute Gasteiger partial charge is 0.298 e. The lowest BCUT2D eigenvalue weighted by Crippen LogP contribution is -2.27. The summed E-state index contributed by atoms with van der Waals surface area (Å²) in [4.78, 5) is 28.9. The number of amides is 2. The number of para-hydroxylation sites is 1. The minimum absolute atomic E-state index is 0.254. The average Bonchev–Trinajstić information content (AvgIpc) is 3.26. The SMILES string of the molecule is O=C1S/C(=C/c2ccc(N3CCCC3)cc2)C(=O)N1c1ccccc1. The molecule has 0 bridgehead atoms. The van der Waals surface area contributed by atoms with Crippen LogP contribution in [-0.2, 0) is 4.79 Å². The van der Waals surface area contributed by atoms with Gasteiger partial charge in [0.15, 0.2) is 0 Å². The number of benzene rings is 2. The molecule has 2 aromatic carbocycles. The molecule has 2 saturated heterocycles. The number of hydrogen-bond donors (Lipinski definition) is 0. The van der Waals surface area contributed by atoms with Gasteiger partial charge in [-0.25, -0.2) is 4.90 Å². The molecular weight excluding hydrogens is 332 g/mol. The van der Waals surface area contributed by atoms with Gasteiger partial charge < -0.3 is 4.90 Å². The summed E-state index contributed by atoms with van der Waals surface area (Å²) >= 11 is 0.989. The van der Waals surface area contributed by atoms with Crippen molar-refractivity contribution in [1.29, 1.82) is 0 Å². The van der Waals surface area contributed by atoms with Crippen molar-refractivity contribution < 1.29 is 9.59 Å². The highest BCUT2D eigenvalue weighted by Crippen LogP contribution is 2.35. The molecule has 0 saturated carbocycles. The Morgan fingerprint density at radius 2 is 1.52 bits per heavy atom. The number of anilines is 2. The van der Waals surface area contributed by atoms with E-state index in [0.29, 0.717) is 10.6 Å². The Balaban J connectivity index is 1.55. The second-order valence-electron chi connectivity index (χ2n) is 6.14. The van der Waals surface area contributed by atoms with Crippen LogP contribution in [0.4, 0.5) is 16.2 Å². The number of hydrogen-bond acceptors (Lipinski definition) is 4. The zero-order valence-electron chi connectivity index (χ0n) is 13.7. The number of thioether (sulfide) groups is 1. The van der Waals surface area contributed by atoms with Gasteiger partial charge in [-0.3, -0.25) is 9.59 Å². The van der Waals surface area contributed by atoms with Crippen LogP contribution in [0.3, 0.4) is 0 Å². The van der Waals surface area contributed by atoms with Gasteiger partial charge in [-0.2, -0.15) is 0 Å². The molecule has 25 heavy (non-hydrogen) atoms. The summed E-state index contributed by atoms with van der Waals surface area (Å²) in [6.07, 6.45) is 4.28. The second-order valence-corrected chi connectivity index (χ2v) is 7.13. The van der Waals surface area contributed by atoms with E-state index < -0.39 is 0 Å². The third-order valence-corrected chi connectivity index (χ3v) is 5.34. The van der Waals surface area contributed by atoms with E-state index in [4.69, 9.17) is 0 Å². The Hall–Kier alpha value is -2.53. The van der Waals surface area contributed by atoms with Gasteiger partial charge >= 0.3 is 0 Å². The standard InChI is InChI=1S/C20H18N2O2S/c23-19-18(25-20(24)22(19)17-6-2-1-3-7-17)14-15-8-10-16(11-9-15)21-12-4-5-13-21/h1-3,6-11,14H,4-5,12-13H2/b18-14+. The number of carbonyl (C=O) groups is 2. The highest BCUT2D eigenvalue weighted by Gasteiger charge is 2.36. The van der Waals surface area contributed by atoms with Gasteiger partial charge in [0.2, 0.25) is 0 Å². The number of nitrogens with zero attached hydrogens (tertiary/aromatic N) is 2. The Labute approximate surface area is 151 Å². The summed E-state index contributed by atoms with van der Waals surface area (Å²) in [6, 6.07) is 17.2. The van der Waals surface area contributed by atoms with Crippen molar-refractivity contribution in [3.05, 3.63) is 65.1 Å². The molecule has 0 atom stereocenters. The first-order valence-electron chi connectivity index (χ1n) is 8.40. The van der Waals surface area contributed by atoms with Crippen molar-refractivity contribution >= 4 is 40.4 Å². The first-order chi connectivity index (χ1) is 12.2. The molecule has 4 nitrogen and oxygen atoms in total. The Bertz CT molecular complexity index is 825. The zero-order valence-corrected chi connectivity index (χ0v) is 14.5. The van der Waals surface area contributed by atoms with E-state index >= 15 is 0 Å². The average molecular weight is 350 g/mol. The molecule has 4 rings (SSSR count). The molecule has 2 aliphatic rings. The van der Waals surface area contributed by atoms with Crippen molar-refractivity contribution in [2.45, 2.75) is 12.8 Å². The fraction of sp³-hybridized carbons (Fsp3) is 0.200. The normalized spacial score (nSPS) is 19.3. The fourth-order valence-electron chi connectivity index (χ4n) is 3.18. The maximum atomic E-state index is 12.6. The number of imide groups is 1. The molecule has 0 aliphatic carbocycles. The van der Waals surface area contributed by atoms with Crippen LogP contribution >= 0.6 is 11.8 Å². The third kappa shape index (κ3) is 3.20. The van der Waals surface area contributed by atoms with Crippen molar-refractivity contribution in [3.63, 3.8) is 0 Å². The molecule has 0 N–H and O–H groups in total. The maximum absolute atomic E-state index is 12.6. The summed E-state index contributed by atoms with van der Waals surface area (Å²) in [7, 11) is 0. The molecule has 0 radical (unpaired) electrons. The molecule has 126 valence electrons. The van der Waals surface area contributed by atoms with E-state index in [-0.39, 0.29) is 11.1 Å². The lowest BCUT2D eigenvalue weighted by Gasteiger charge is -2.17. The van der Waals surface area contributed by atoms with Crippen molar-refractivity contribution in [3.8, 4) is 0 Å². The Morgan fingerprint density at radius 3 is 2.20 bits per heavy atom. The molecule has 0 aromatic heterocycles. The highest BCUT2D eigenvalue weighted by molar-refractivity contribution is 8.19. The highest BCUT2D eigenvalue weighted by atomic mass is 32.2. The lowest BCUT2D eigenvalue weighted by molar-refractivity contribution is -0.113. The molecule has 2 aromatic rings. The van der Waals surface area contributed by atoms with E-state index in [0.717, 1.165) is 30.4 Å². The summed E-state index contributed by atoms with van der Waals surface area (Å²) < 4.78 is 0. The number of rotatable bonds is 3. The number of carbonyl (C=O) groups excluding carboxylic acids is 2. The Morgan fingerprint density at radius 1 is 0.840 bits per heavy atom. The monoisotopic (exact) mass is 350 g/mol. The van der Waals surface area contributed by atoms with E-state index in [9.17, 15) is 9.59 Å². The predicted octanol–water partition coefficient (Wildman–Crippen LogP) is 4.53. The minimum atomic E-state index is -0.259. The molecule has 2 amide bonds. The van der Waals surface area contributed by atoms with Crippen LogP contribution < -0.4 is 9.80 Å². The predicted molar refractivity (Wildman–Crippen MR) is 103 cm³/mol. The van der Waals surface area contributed by atoms with E-state index in [2.05, 4.69) is 17.0 Å². The van der Waals surface area contributed by atoms with Gasteiger partial charge in [-0.15, -0.1) is 0 Å².